The lowest BCUT2D eigenvalue weighted by Gasteiger charge is -2.25. The summed E-state index contributed by atoms with van der Waals surface area (Å²) < 4.78 is 10.8. The molecule has 5 nitrogen and oxygen atoms in total. The standard InChI is InChI=1S/C24H27NO4/c1-4-29-23(27)20-15-25-21-11-10-18(14-19(21)22(20)26)24(2,3)12-13-28-16-17-8-6-5-7-9-17/h5-11,14-15H,4,12-13,16H2,1-3H3,(H,25,26). The van der Waals surface area contributed by atoms with Crippen LogP contribution >= 0.6 is 0 Å². The predicted molar refractivity (Wildman–Crippen MR) is 114 cm³/mol. The van der Waals surface area contributed by atoms with E-state index in [0.717, 1.165) is 17.5 Å². The molecule has 0 unspecified atom stereocenters. The van der Waals surface area contributed by atoms with Crippen molar-refractivity contribution in [1.29, 1.82) is 0 Å². The summed E-state index contributed by atoms with van der Waals surface area (Å²) in [5.41, 5.74) is 2.41. The number of benzene rings is 2. The molecule has 0 atom stereocenters. The summed E-state index contributed by atoms with van der Waals surface area (Å²) in [4.78, 5) is 27.8. The van der Waals surface area contributed by atoms with Crippen LogP contribution in [0.5, 0.6) is 0 Å². The van der Waals surface area contributed by atoms with Gasteiger partial charge in [0, 0.05) is 23.7 Å². The van der Waals surface area contributed by atoms with Gasteiger partial charge in [-0.1, -0.05) is 50.2 Å². The van der Waals surface area contributed by atoms with Gasteiger partial charge in [0.2, 0.25) is 5.43 Å². The Balaban J connectivity index is 1.76. The molecule has 2 aromatic carbocycles. The number of nitrogens with one attached hydrogen (secondary N) is 1. The molecule has 0 bridgehead atoms. The van der Waals surface area contributed by atoms with Gasteiger partial charge in [0.1, 0.15) is 5.56 Å². The fourth-order valence-electron chi connectivity index (χ4n) is 3.24. The topological polar surface area (TPSA) is 68.4 Å². The van der Waals surface area contributed by atoms with E-state index in [1.165, 1.54) is 6.20 Å². The molecular formula is C24H27NO4. The van der Waals surface area contributed by atoms with E-state index in [2.05, 4.69) is 18.8 Å². The first-order chi connectivity index (χ1) is 13.9. The Morgan fingerprint density at radius 3 is 2.59 bits per heavy atom. The summed E-state index contributed by atoms with van der Waals surface area (Å²) in [5.74, 6) is -0.602. The molecule has 152 valence electrons. The minimum Gasteiger partial charge on any atom is -0.462 e. The predicted octanol–water partition coefficient (Wildman–Crippen LogP) is 4.59. The number of aromatic nitrogens is 1. The largest absolute Gasteiger partial charge is 0.462 e. The first-order valence-corrected chi connectivity index (χ1v) is 9.87. The summed E-state index contributed by atoms with van der Waals surface area (Å²) in [6.45, 7) is 7.39. The van der Waals surface area contributed by atoms with Gasteiger partial charge in [0.15, 0.2) is 0 Å². The van der Waals surface area contributed by atoms with Gasteiger partial charge in [0.25, 0.3) is 0 Å². The van der Waals surface area contributed by atoms with Crippen molar-refractivity contribution in [2.75, 3.05) is 13.2 Å². The number of fused-ring (bicyclic) bond motifs is 1. The normalized spacial score (nSPS) is 11.6. The lowest BCUT2D eigenvalue weighted by molar-refractivity contribution is 0.0524. The Labute approximate surface area is 170 Å². The van der Waals surface area contributed by atoms with Gasteiger partial charge in [-0.05, 0) is 42.0 Å². The Bertz CT molecular complexity index is 1040. The number of carbonyl (C=O) groups is 1. The number of hydrogen-bond donors (Lipinski definition) is 1. The monoisotopic (exact) mass is 393 g/mol. The molecule has 0 aliphatic carbocycles. The van der Waals surface area contributed by atoms with Crippen molar-refractivity contribution in [3.63, 3.8) is 0 Å². The minimum atomic E-state index is -0.602. The van der Waals surface area contributed by atoms with E-state index in [1.807, 2.05) is 48.5 Å². The van der Waals surface area contributed by atoms with Crippen LogP contribution in [0.1, 0.15) is 48.7 Å². The van der Waals surface area contributed by atoms with Gasteiger partial charge < -0.3 is 14.5 Å². The molecule has 0 spiro atoms. The van der Waals surface area contributed by atoms with Crippen molar-refractivity contribution < 1.29 is 14.3 Å². The molecule has 3 aromatic rings. The Hall–Kier alpha value is -2.92. The van der Waals surface area contributed by atoms with Gasteiger partial charge in [0.05, 0.1) is 13.2 Å². The van der Waals surface area contributed by atoms with Crippen LogP contribution in [0.25, 0.3) is 10.9 Å². The summed E-state index contributed by atoms with van der Waals surface area (Å²) in [6, 6.07) is 15.8. The highest BCUT2D eigenvalue weighted by atomic mass is 16.5. The van der Waals surface area contributed by atoms with Gasteiger partial charge in [-0.15, -0.1) is 0 Å². The van der Waals surface area contributed by atoms with E-state index in [4.69, 9.17) is 9.47 Å². The molecule has 0 saturated heterocycles. The first-order valence-electron chi connectivity index (χ1n) is 9.87. The molecule has 29 heavy (non-hydrogen) atoms. The molecule has 0 aliphatic rings. The number of rotatable bonds is 8. The van der Waals surface area contributed by atoms with Gasteiger partial charge in [-0.3, -0.25) is 4.79 Å². The van der Waals surface area contributed by atoms with Crippen molar-refractivity contribution in [1.82, 2.24) is 4.98 Å². The van der Waals surface area contributed by atoms with Crippen LogP contribution < -0.4 is 5.43 Å². The quantitative estimate of drug-likeness (QED) is 0.449. The van der Waals surface area contributed by atoms with Gasteiger partial charge >= 0.3 is 5.97 Å². The summed E-state index contributed by atoms with van der Waals surface area (Å²) >= 11 is 0. The fourth-order valence-corrected chi connectivity index (χ4v) is 3.24. The number of aromatic amines is 1. The fraction of sp³-hybridized carbons (Fsp3) is 0.333. The third-order valence-electron chi connectivity index (χ3n) is 5.14. The van der Waals surface area contributed by atoms with E-state index in [0.29, 0.717) is 24.1 Å². The highest BCUT2D eigenvalue weighted by molar-refractivity contribution is 5.93. The Kier molecular flexibility index (Phi) is 6.49. The number of esters is 1. The van der Waals surface area contributed by atoms with Gasteiger partial charge in [-0.25, -0.2) is 4.79 Å². The second-order valence-electron chi connectivity index (χ2n) is 7.68. The number of ether oxygens (including phenoxy) is 2. The highest BCUT2D eigenvalue weighted by Crippen LogP contribution is 2.29. The third-order valence-corrected chi connectivity index (χ3v) is 5.14. The SMILES string of the molecule is CCOC(=O)c1c[nH]c2ccc(C(C)(C)CCOCc3ccccc3)cc2c1=O. The molecule has 3 rings (SSSR count). The number of H-pyrrole nitrogens is 1. The zero-order valence-corrected chi connectivity index (χ0v) is 17.2. The number of pyridine rings is 1. The minimum absolute atomic E-state index is 0.0282. The molecule has 0 aliphatic heterocycles. The summed E-state index contributed by atoms with van der Waals surface area (Å²) in [5, 5.41) is 0.492. The lowest BCUT2D eigenvalue weighted by Crippen LogP contribution is -2.22. The first kappa shape index (κ1) is 20.8. The van der Waals surface area contributed by atoms with Crippen molar-refractivity contribution in [3.05, 3.63) is 81.6 Å². The maximum absolute atomic E-state index is 12.8. The Morgan fingerprint density at radius 1 is 1.10 bits per heavy atom. The molecule has 0 saturated carbocycles. The van der Waals surface area contributed by atoms with Crippen LogP contribution in [0, 0.1) is 0 Å². The van der Waals surface area contributed by atoms with E-state index in [1.54, 1.807) is 6.92 Å². The van der Waals surface area contributed by atoms with Crippen molar-refractivity contribution >= 4 is 16.9 Å². The third kappa shape index (κ3) is 4.93. The number of carbonyl (C=O) groups excluding carboxylic acids is 1. The second kappa shape index (κ2) is 9.05. The summed E-state index contributed by atoms with van der Waals surface area (Å²) in [6.07, 6.45) is 2.23. The van der Waals surface area contributed by atoms with Crippen LogP contribution in [0.15, 0.2) is 59.5 Å². The van der Waals surface area contributed by atoms with E-state index in [9.17, 15) is 9.59 Å². The van der Waals surface area contributed by atoms with Crippen LogP contribution in [-0.4, -0.2) is 24.2 Å². The smallest absolute Gasteiger partial charge is 0.343 e. The molecule has 5 heteroatoms. The average Bonchev–Trinajstić information content (AvgIpc) is 2.72. The van der Waals surface area contributed by atoms with Crippen LogP contribution in [0.2, 0.25) is 0 Å². The van der Waals surface area contributed by atoms with E-state index < -0.39 is 5.97 Å². The highest BCUT2D eigenvalue weighted by Gasteiger charge is 2.22. The molecule has 0 fully saturated rings. The Morgan fingerprint density at radius 2 is 1.86 bits per heavy atom. The summed E-state index contributed by atoms with van der Waals surface area (Å²) in [7, 11) is 0. The van der Waals surface area contributed by atoms with E-state index >= 15 is 0 Å². The molecule has 0 radical (unpaired) electrons. The molecule has 1 aromatic heterocycles. The second-order valence-corrected chi connectivity index (χ2v) is 7.68. The molecule has 1 N–H and O–H groups in total. The molecular weight excluding hydrogens is 366 g/mol. The maximum Gasteiger partial charge on any atom is 0.343 e. The van der Waals surface area contributed by atoms with Crippen LogP contribution in [0.4, 0.5) is 0 Å². The number of hydrogen-bond acceptors (Lipinski definition) is 4. The molecule has 0 amide bonds. The lowest BCUT2D eigenvalue weighted by atomic mass is 9.81. The van der Waals surface area contributed by atoms with Gasteiger partial charge in [-0.2, -0.15) is 0 Å². The van der Waals surface area contributed by atoms with E-state index in [-0.39, 0.29) is 23.0 Å². The average molecular weight is 393 g/mol. The van der Waals surface area contributed by atoms with Crippen LogP contribution in [-0.2, 0) is 21.5 Å². The van der Waals surface area contributed by atoms with Crippen molar-refractivity contribution in [2.45, 2.75) is 39.2 Å². The van der Waals surface area contributed by atoms with Crippen molar-refractivity contribution in [2.24, 2.45) is 0 Å². The zero-order valence-electron chi connectivity index (χ0n) is 17.2. The van der Waals surface area contributed by atoms with Crippen molar-refractivity contribution in [3.8, 4) is 0 Å². The zero-order chi connectivity index (χ0) is 20.9. The maximum atomic E-state index is 12.8. The molecule has 1 heterocycles. The van der Waals surface area contributed by atoms with Crippen LogP contribution in [0.3, 0.4) is 0 Å².